The smallest absolute Gasteiger partial charge is 0 e. The Kier molecular flexibility index (Phi) is 16.4. The minimum Gasteiger partial charge on any atom is -0.330 e. The van der Waals surface area contributed by atoms with Gasteiger partial charge in [0.05, 0.1) is 0 Å². The van der Waals surface area contributed by atoms with E-state index in [2.05, 4.69) is 6.92 Å². The Balaban J connectivity index is 0. The molecule has 2 N–H and O–H groups in total. The van der Waals surface area contributed by atoms with Gasteiger partial charge in [-0.05, 0) is 13.0 Å². The van der Waals surface area contributed by atoms with Crippen molar-refractivity contribution >= 4 is 0 Å². The minimum absolute atomic E-state index is 0. The van der Waals surface area contributed by atoms with Crippen LogP contribution in [0.5, 0.6) is 0 Å². The van der Waals surface area contributed by atoms with Crippen molar-refractivity contribution in [2.24, 2.45) is 5.73 Å². The van der Waals surface area contributed by atoms with Gasteiger partial charge in [-0.15, -0.1) is 0 Å². The third kappa shape index (κ3) is 11.5. The molecule has 0 saturated heterocycles. The van der Waals surface area contributed by atoms with Gasteiger partial charge in [0, 0.05) is 21.7 Å². The van der Waals surface area contributed by atoms with Crippen molar-refractivity contribution in [1.82, 2.24) is 0 Å². The molecule has 60 valence electrons. The molecular weight excluding hydrogens is 158 g/mol. The third-order valence-corrected chi connectivity index (χ3v) is 1.56. The fourth-order valence-electron chi connectivity index (χ4n) is 0.925. The molecule has 0 aliphatic rings. The van der Waals surface area contributed by atoms with E-state index in [-0.39, 0.29) is 21.7 Å². The van der Waals surface area contributed by atoms with Gasteiger partial charge in [0.15, 0.2) is 0 Å². The predicted octanol–water partition coefficient (Wildman–Crippen LogP) is 2.30. The van der Waals surface area contributed by atoms with Gasteiger partial charge in [-0.3, -0.25) is 0 Å². The quantitative estimate of drug-likeness (QED) is 0.489. The first-order valence-corrected chi connectivity index (χ1v) is 4.12. The summed E-state index contributed by atoms with van der Waals surface area (Å²) >= 11 is 0. The van der Waals surface area contributed by atoms with Crippen LogP contribution in [0.15, 0.2) is 0 Å². The van der Waals surface area contributed by atoms with Crippen LogP contribution in [0.1, 0.15) is 45.4 Å². The summed E-state index contributed by atoms with van der Waals surface area (Å²) in [4.78, 5) is 0. The molecule has 0 fully saturated rings. The summed E-state index contributed by atoms with van der Waals surface area (Å²) in [5.74, 6) is 0. The van der Waals surface area contributed by atoms with Crippen LogP contribution in [-0.2, 0) is 21.7 Å². The maximum absolute atomic E-state index is 5.34. The van der Waals surface area contributed by atoms with Crippen LogP contribution in [-0.4, -0.2) is 6.54 Å². The molecule has 0 heterocycles. The molecule has 0 atom stereocenters. The largest absolute Gasteiger partial charge is 0.330 e. The van der Waals surface area contributed by atoms with Crippen LogP contribution >= 0.6 is 0 Å². The molecule has 0 aromatic heterocycles. The average molecular weight is 177 g/mol. The Hall–Kier alpha value is 0.674. The van der Waals surface area contributed by atoms with E-state index in [0.29, 0.717) is 0 Å². The molecule has 1 nitrogen and oxygen atoms in total. The van der Waals surface area contributed by atoms with Crippen molar-refractivity contribution in [3.63, 3.8) is 0 Å². The van der Waals surface area contributed by atoms with E-state index in [0.717, 1.165) is 6.54 Å². The molecule has 0 spiro atoms. The minimum atomic E-state index is 0. The fourth-order valence-corrected chi connectivity index (χ4v) is 0.925. The first-order valence-electron chi connectivity index (χ1n) is 4.12. The van der Waals surface area contributed by atoms with E-state index in [9.17, 15) is 0 Å². The second-order valence-electron chi connectivity index (χ2n) is 2.56. The molecule has 0 aliphatic heterocycles. The molecule has 0 amide bonds. The fraction of sp³-hybridized carbons (Fsp3) is 1.00. The summed E-state index contributed by atoms with van der Waals surface area (Å²) in [6, 6.07) is 0. The summed E-state index contributed by atoms with van der Waals surface area (Å²) < 4.78 is 0. The summed E-state index contributed by atoms with van der Waals surface area (Å²) in [5.41, 5.74) is 5.34. The van der Waals surface area contributed by atoms with Gasteiger partial charge in [-0.25, -0.2) is 0 Å². The second-order valence-corrected chi connectivity index (χ2v) is 2.56. The molecule has 0 aromatic carbocycles. The molecule has 2 heteroatoms. The van der Waals surface area contributed by atoms with Crippen LogP contribution < -0.4 is 5.73 Å². The number of hydrogen-bond donors (Lipinski definition) is 1. The first kappa shape index (κ1) is 13.3. The molecular formula is C8H19NTi. The van der Waals surface area contributed by atoms with Gasteiger partial charge in [0.25, 0.3) is 0 Å². The van der Waals surface area contributed by atoms with Crippen molar-refractivity contribution in [2.75, 3.05) is 6.54 Å². The van der Waals surface area contributed by atoms with Crippen LogP contribution in [0.25, 0.3) is 0 Å². The predicted molar refractivity (Wildman–Crippen MR) is 42.4 cm³/mol. The molecule has 0 bridgehead atoms. The Bertz CT molecular complexity index is 42.5. The molecule has 0 rings (SSSR count). The van der Waals surface area contributed by atoms with Crippen molar-refractivity contribution < 1.29 is 21.7 Å². The van der Waals surface area contributed by atoms with Gasteiger partial charge in [-0.2, -0.15) is 0 Å². The standard InChI is InChI=1S/C8H19N.Ti/c1-2-3-4-5-6-7-8-9;/h2-9H2,1H3;. The summed E-state index contributed by atoms with van der Waals surface area (Å²) in [6.07, 6.45) is 8.05. The van der Waals surface area contributed by atoms with Gasteiger partial charge in [0.2, 0.25) is 0 Å². The SMILES string of the molecule is CCCCCCCCN.[Ti]. The Labute approximate surface area is 79.6 Å². The number of hydrogen-bond acceptors (Lipinski definition) is 1. The normalized spacial score (nSPS) is 9.00. The van der Waals surface area contributed by atoms with Crippen molar-refractivity contribution in [2.45, 2.75) is 45.4 Å². The Morgan fingerprint density at radius 2 is 1.40 bits per heavy atom. The van der Waals surface area contributed by atoms with Crippen molar-refractivity contribution in [1.29, 1.82) is 0 Å². The van der Waals surface area contributed by atoms with E-state index in [1.807, 2.05) is 0 Å². The third-order valence-electron chi connectivity index (χ3n) is 1.56. The van der Waals surface area contributed by atoms with Crippen LogP contribution in [0.3, 0.4) is 0 Å². The molecule has 0 saturated carbocycles. The van der Waals surface area contributed by atoms with E-state index < -0.39 is 0 Å². The maximum Gasteiger partial charge on any atom is 0 e. The molecule has 10 heavy (non-hydrogen) atoms. The van der Waals surface area contributed by atoms with E-state index in [1.54, 1.807) is 0 Å². The molecule has 0 unspecified atom stereocenters. The second kappa shape index (κ2) is 12.4. The maximum atomic E-state index is 5.34. The summed E-state index contributed by atoms with van der Waals surface area (Å²) in [6.45, 7) is 3.11. The Morgan fingerprint density at radius 1 is 0.900 bits per heavy atom. The average Bonchev–Trinajstić information content (AvgIpc) is 1.89. The zero-order valence-corrected chi connectivity index (χ0v) is 8.59. The van der Waals surface area contributed by atoms with Gasteiger partial charge < -0.3 is 5.73 Å². The first-order chi connectivity index (χ1) is 4.41. The van der Waals surface area contributed by atoms with Gasteiger partial charge in [-0.1, -0.05) is 39.0 Å². The van der Waals surface area contributed by atoms with Crippen LogP contribution in [0.2, 0.25) is 0 Å². The van der Waals surface area contributed by atoms with E-state index in [1.165, 1.54) is 38.5 Å². The van der Waals surface area contributed by atoms with Crippen molar-refractivity contribution in [3.05, 3.63) is 0 Å². The van der Waals surface area contributed by atoms with Crippen molar-refractivity contribution in [3.8, 4) is 0 Å². The molecule has 0 aromatic rings. The monoisotopic (exact) mass is 177 g/mol. The number of unbranched alkanes of at least 4 members (excludes halogenated alkanes) is 5. The van der Waals surface area contributed by atoms with Crippen LogP contribution in [0, 0.1) is 0 Å². The van der Waals surface area contributed by atoms with Crippen LogP contribution in [0.4, 0.5) is 0 Å². The van der Waals surface area contributed by atoms with Gasteiger partial charge >= 0.3 is 0 Å². The Morgan fingerprint density at radius 3 is 1.90 bits per heavy atom. The van der Waals surface area contributed by atoms with E-state index in [4.69, 9.17) is 5.73 Å². The zero-order valence-electron chi connectivity index (χ0n) is 7.03. The summed E-state index contributed by atoms with van der Waals surface area (Å²) in [7, 11) is 0. The molecule has 0 aliphatic carbocycles. The van der Waals surface area contributed by atoms with E-state index >= 15 is 0 Å². The number of nitrogens with two attached hydrogens (primary N) is 1. The topological polar surface area (TPSA) is 26.0 Å². The van der Waals surface area contributed by atoms with Gasteiger partial charge in [0.1, 0.15) is 0 Å². The number of rotatable bonds is 6. The molecule has 0 radical (unpaired) electrons. The summed E-state index contributed by atoms with van der Waals surface area (Å²) in [5, 5.41) is 0. The zero-order chi connectivity index (χ0) is 6.95.